The summed E-state index contributed by atoms with van der Waals surface area (Å²) < 4.78 is 19.5. The average molecular weight is 372 g/mol. The second-order valence-corrected chi connectivity index (χ2v) is 6.76. The van der Waals surface area contributed by atoms with Crippen LogP contribution in [0.1, 0.15) is 23.7 Å². The first-order chi connectivity index (χ1) is 12.5. The fraction of sp³-hybridized carbons (Fsp3) is 0.211. The minimum Gasteiger partial charge on any atom is -0.334 e. The number of nitrogens with zero attached hydrogens (tertiary/aromatic N) is 3. The highest BCUT2D eigenvalue weighted by Gasteiger charge is 2.35. The van der Waals surface area contributed by atoms with E-state index in [1.807, 2.05) is 6.07 Å². The van der Waals surface area contributed by atoms with E-state index in [1.54, 1.807) is 37.3 Å². The molecule has 1 aromatic heterocycles. The van der Waals surface area contributed by atoms with Gasteiger partial charge in [-0.1, -0.05) is 28.9 Å². The number of aromatic nitrogens is 2. The molecule has 4 rings (SSSR count). The molecule has 3 aromatic rings. The molecule has 1 aliphatic heterocycles. The molecule has 0 radical (unpaired) electrons. The van der Waals surface area contributed by atoms with Crippen LogP contribution >= 0.6 is 11.6 Å². The Bertz CT molecular complexity index is 988. The van der Waals surface area contributed by atoms with Crippen LogP contribution in [-0.2, 0) is 4.79 Å². The largest absolute Gasteiger partial charge is 0.334 e. The highest BCUT2D eigenvalue weighted by Crippen LogP contribution is 2.33. The first kappa shape index (κ1) is 16.7. The molecule has 26 heavy (non-hydrogen) atoms. The summed E-state index contributed by atoms with van der Waals surface area (Å²) >= 11 is 5.98. The van der Waals surface area contributed by atoms with Gasteiger partial charge in [-0.15, -0.1) is 0 Å². The topological polar surface area (TPSA) is 59.2 Å². The number of hydrogen-bond acceptors (Lipinski definition) is 4. The number of carbonyl (C=O) groups is 1. The van der Waals surface area contributed by atoms with Crippen molar-refractivity contribution in [1.82, 2.24) is 10.1 Å². The quantitative estimate of drug-likeness (QED) is 0.686. The Morgan fingerprint density at radius 2 is 2.12 bits per heavy atom. The van der Waals surface area contributed by atoms with Gasteiger partial charge in [-0.3, -0.25) is 4.79 Å². The fourth-order valence-electron chi connectivity index (χ4n) is 3.08. The maximum Gasteiger partial charge on any atom is 0.257 e. The van der Waals surface area contributed by atoms with Crippen LogP contribution in [-0.4, -0.2) is 22.6 Å². The van der Waals surface area contributed by atoms with Crippen LogP contribution in [0, 0.1) is 12.7 Å². The average Bonchev–Trinajstić information content (AvgIpc) is 3.22. The van der Waals surface area contributed by atoms with Gasteiger partial charge in [0, 0.05) is 29.5 Å². The summed E-state index contributed by atoms with van der Waals surface area (Å²) in [5, 5.41) is 4.57. The van der Waals surface area contributed by atoms with Crippen molar-refractivity contribution in [3.8, 4) is 11.5 Å². The van der Waals surface area contributed by atoms with E-state index in [9.17, 15) is 9.18 Å². The summed E-state index contributed by atoms with van der Waals surface area (Å²) in [7, 11) is 0. The van der Waals surface area contributed by atoms with Crippen molar-refractivity contribution in [3.05, 3.63) is 64.7 Å². The van der Waals surface area contributed by atoms with Gasteiger partial charge in [0.15, 0.2) is 5.82 Å². The molecular weight excluding hydrogens is 357 g/mol. The third kappa shape index (κ3) is 3.08. The summed E-state index contributed by atoms with van der Waals surface area (Å²) in [5.74, 6) is -0.0447. The zero-order valence-corrected chi connectivity index (χ0v) is 14.7. The lowest BCUT2D eigenvalue weighted by molar-refractivity contribution is -0.117. The van der Waals surface area contributed by atoms with E-state index in [-0.39, 0.29) is 23.9 Å². The molecule has 0 saturated carbocycles. The Morgan fingerprint density at radius 1 is 1.27 bits per heavy atom. The van der Waals surface area contributed by atoms with E-state index in [0.717, 1.165) is 5.56 Å². The lowest BCUT2D eigenvalue weighted by atomic mass is 10.1. The summed E-state index contributed by atoms with van der Waals surface area (Å²) in [6.07, 6.45) is 0.210. The minimum atomic E-state index is -0.410. The number of benzene rings is 2. The van der Waals surface area contributed by atoms with Crippen LogP contribution in [0.3, 0.4) is 0 Å². The minimum absolute atomic E-state index is 0.160. The molecule has 1 fully saturated rings. The molecule has 1 saturated heterocycles. The molecule has 0 aliphatic carbocycles. The monoisotopic (exact) mass is 371 g/mol. The zero-order chi connectivity index (χ0) is 18.3. The first-order valence-electron chi connectivity index (χ1n) is 8.17. The molecule has 1 amide bonds. The van der Waals surface area contributed by atoms with Crippen molar-refractivity contribution in [3.63, 3.8) is 0 Å². The Balaban J connectivity index is 1.58. The van der Waals surface area contributed by atoms with Gasteiger partial charge in [0.05, 0.1) is 5.69 Å². The van der Waals surface area contributed by atoms with Crippen molar-refractivity contribution in [2.45, 2.75) is 19.3 Å². The molecule has 1 aliphatic rings. The predicted molar refractivity (Wildman–Crippen MR) is 95.6 cm³/mol. The van der Waals surface area contributed by atoms with Crippen LogP contribution in [0.15, 0.2) is 47.0 Å². The van der Waals surface area contributed by atoms with Crippen molar-refractivity contribution in [2.24, 2.45) is 0 Å². The molecule has 2 heterocycles. The van der Waals surface area contributed by atoms with Gasteiger partial charge in [-0.25, -0.2) is 4.39 Å². The van der Waals surface area contributed by atoms with E-state index in [2.05, 4.69) is 10.1 Å². The molecule has 1 atom stereocenters. The van der Waals surface area contributed by atoms with Crippen LogP contribution < -0.4 is 4.90 Å². The van der Waals surface area contributed by atoms with Gasteiger partial charge in [0.25, 0.3) is 5.89 Å². The lowest BCUT2D eigenvalue weighted by Gasteiger charge is -2.17. The Morgan fingerprint density at radius 3 is 2.88 bits per heavy atom. The number of amides is 1. The molecule has 132 valence electrons. The number of aryl methyl sites for hydroxylation is 1. The smallest absolute Gasteiger partial charge is 0.257 e. The van der Waals surface area contributed by atoms with Crippen molar-refractivity contribution < 1.29 is 13.7 Å². The highest BCUT2D eigenvalue weighted by atomic mass is 35.5. The van der Waals surface area contributed by atoms with Crippen LogP contribution in [0.25, 0.3) is 11.5 Å². The fourth-order valence-corrected chi connectivity index (χ4v) is 3.27. The number of rotatable bonds is 3. The molecule has 5 nitrogen and oxygen atoms in total. The van der Waals surface area contributed by atoms with Crippen LogP contribution in [0.4, 0.5) is 10.1 Å². The predicted octanol–water partition coefficient (Wildman–Crippen LogP) is 4.36. The second kappa shape index (κ2) is 6.53. The normalized spacial score (nSPS) is 17.1. The van der Waals surface area contributed by atoms with E-state index >= 15 is 0 Å². The van der Waals surface area contributed by atoms with E-state index in [1.165, 1.54) is 11.0 Å². The Labute approximate surface area is 154 Å². The van der Waals surface area contributed by atoms with Crippen LogP contribution in [0.5, 0.6) is 0 Å². The SMILES string of the molecule is Cc1ccc(N2CC(c3noc(-c4cccc(Cl)c4)n3)CC2=O)c(F)c1. The summed E-state index contributed by atoms with van der Waals surface area (Å²) in [5.41, 5.74) is 1.79. The molecule has 7 heteroatoms. The first-order valence-corrected chi connectivity index (χ1v) is 8.55. The molecule has 1 unspecified atom stereocenters. The summed E-state index contributed by atoms with van der Waals surface area (Å²) in [6.45, 7) is 2.12. The van der Waals surface area contributed by atoms with E-state index < -0.39 is 5.82 Å². The van der Waals surface area contributed by atoms with E-state index in [0.29, 0.717) is 28.8 Å². The Hall–Kier alpha value is -2.73. The maximum absolute atomic E-state index is 14.2. The van der Waals surface area contributed by atoms with Gasteiger partial charge in [-0.05, 0) is 42.8 Å². The van der Waals surface area contributed by atoms with Crippen molar-refractivity contribution in [2.75, 3.05) is 11.4 Å². The summed E-state index contributed by atoms with van der Waals surface area (Å²) in [4.78, 5) is 18.2. The summed E-state index contributed by atoms with van der Waals surface area (Å²) in [6, 6.07) is 11.9. The van der Waals surface area contributed by atoms with Gasteiger partial charge < -0.3 is 9.42 Å². The molecule has 0 spiro atoms. The standard InChI is InChI=1S/C19H15ClFN3O2/c1-11-5-6-16(15(21)7-11)24-10-13(9-17(24)25)18-22-19(26-23-18)12-3-2-4-14(20)8-12/h2-8,13H,9-10H2,1H3. The van der Waals surface area contributed by atoms with Gasteiger partial charge in [0.2, 0.25) is 5.91 Å². The third-order valence-electron chi connectivity index (χ3n) is 4.40. The maximum atomic E-state index is 14.2. The van der Waals surface area contributed by atoms with Crippen molar-refractivity contribution in [1.29, 1.82) is 0 Å². The van der Waals surface area contributed by atoms with E-state index in [4.69, 9.17) is 16.1 Å². The molecule has 0 bridgehead atoms. The molecular formula is C19H15ClFN3O2. The van der Waals surface area contributed by atoms with Crippen LogP contribution in [0.2, 0.25) is 5.02 Å². The number of anilines is 1. The Kier molecular flexibility index (Phi) is 4.20. The zero-order valence-electron chi connectivity index (χ0n) is 13.9. The van der Waals surface area contributed by atoms with Gasteiger partial charge in [-0.2, -0.15) is 4.98 Å². The highest BCUT2D eigenvalue weighted by molar-refractivity contribution is 6.30. The second-order valence-electron chi connectivity index (χ2n) is 6.33. The number of halogens is 2. The van der Waals surface area contributed by atoms with Crippen molar-refractivity contribution >= 4 is 23.2 Å². The van der Waals surface area contributed by atoms with Gasteiger partial charge >= 0.3 is 0 Å². The number of hydrogen-bond donors (Lipinski definition) is 0. The third-order valence-corrected chi connectivity index (χ3v) is 4.63. The molecule has 2 aromatic carbocycles. The molecule has 0 N–H and O–H groups in total. The number of carbonyl (C=O) groups excluding carboxylic acids is 1. The van der Waals surface area contributed by atoms with Gasteiger partial charge in [0.1, 0.15) is 5.82 Å². The lowest BCUT2D eigenvalue weighted by Crippen LogP contribution is -2.25.